The SMILES string of the molecule is CC(C)c1ncc(N)c(C(=O)NCCS(N)(=O)=O)n1. The summed E-state index contributed by atoms with van der Waals surface area (Å²) in [7, 11) is -3.61. The Balaban J connectivity index is 2.79. The highest BCUT2D eigenvalue weighted by Crippen LogP contribution is 2.13. The minimum atomic E-state index is -3.61. The molecule has 19 heavy (non-hydrogen) atoms. The summed E-state index contributed by atoms with van der Waals surface area (Å²) in [6, 6.07) is 0. The van der Waals surface area contributed by atoms with Crippen LogP contribution < -0.4 is 16.2 Å². The molecule has 5 N–H and O–H groups in total. The van der Waals surface area contributed by atoms with Gasteiger partial charge in [0.15, 0.2) is 5.69 Å². The number of primary sulfonamides is 1. The zero-order valence-corrected chi connectivity index (χ0v) is 11.6. The molecule has 0 aliphatic carbocycles. The predicted molar refractivity (Wildman–Crippen MR) is 70.8 cm³/mol. The molecular formula is C10H17N5O3S. The maximum absolute atomic E-state index is 11.8. The van der Waals surface area contributed by atoms with Crippen LogP contribution >= 0.6 is 0 Å². The molecule has 9 heteroatoms. The average molecular weight is 287 g/mol. The zero-order valence-electron chi connectivity index (χ0n) is 10.8. The van der Waals surface area contributed by atoms with Gasteiger partial charge in [0, 0.05) is 12.5 Å². The van der Waals surface area contributed by atoms with Gasteiger partial charge in [-0.15, -0.1) is 0 Å². The molecule has 106 valence electrons. The first-order valence-electron chi connectivity index (χ1n) is 5.62. The molecular weight excluding hydrogens is 270 g/mol. The smallest absolute Gasteiger partial charge is 0.272 e. The Kier molecular flexibility index (Phi) is 4.78. The number of aromatic nitrogens is 2. The summed E-state index contributed by atoms with van der Waals surface area (Å²) in [5, 5.41) is 7.22. The van der Waals surface area contributed by atoms with Crippen molar-refractivity contribution in [2.45, 2.75) is 19.8 Å². The number of nitrogens with zero attached hydrogens (tertiary/aromatic N) is 2. The summed E-state index contributed by atoms with van der Waals surface area (Å²) >= 11 is 0. The Bertz CT molecular complexity index is 571. The second kappa shape index (κ2) is 5.93. The van der Waals surface area contributed by atoms with Crippen molar-refractivity contribution in [1.29, 1.82) is 0 Å². The lowest BCUT2D eigenvalue weighted by Crippen LogP contribution is -2.32. The molecule has 0 radical (unpaired) electrons. The van der Waals surface area contributed by atoms with Crippen molar-refractivity contribution < 1.29 is 13.2 Å². The van der Waals surface area contributed by atoms with Gasteiger partial charge in [-0.3, -0.25) is 4.79 Å². The molecule has 0 atom stereocenters. The number of hydrogen-bond donors (Lipinski definition) is 3. The summed E-state index contributed by atoms with van der Waals surface area (Å²) in [5.41, 5.74) is 5.79. The van der Waals surface area contributed by atoms with Gasteiger partial charge in [0.2, 0.25) is 10.0 Å². The van der Waals surface area contributed by atoms with Crippen LogP contribution in [0.2, 0.25) is 0 Å². The normalized spacial score (nSPS) is 11.6. The van der Waals surface area contributed by atoms with Gasteiger partial charge in [-0.1, -0.05) is 13.8 Å². The summed E-state index contributed by atoms with van der Waals surface area (Å²) in [6.45, 7) is 3.67. The van der Waals surface area contributed by atoms with E-state index in [1.165, 1.54) is 6.20 Å². The summed E-state index contributed by atoms with van der Waals surface area (Å²) in [5.74, 6) is -0.353. The van der Waals surface area contributed by atoms with Crippen LogP contribution in [-0.2, 0) is 10.0 Å². The van der Waals surface area contributed by atoms with Gasteiger partial charge in [-0.2, -0.15) is 0 Å². The summed E-state index contributed by atoms with van der Waals surface area (Å²) in [4.78, 5) is 19.9. The van der Waals surface area contributed by atoms with Gasteiger partial charge in [0.25, 0.3) is 5.91 Å². The van der Waals surface area contributed by atoms with E-state index in [-0.39, 0.29) is 29.6 Å². The number of rotatable bonds is 5. The third-order valence-corrected chi connectivity index (χ3v) is 3.01. The van der Waals surface area contributed by atoms with Crippen molar-refractivity contribution in [2.24, 2.45) is 5.14 Å². The lowest BCUT2D eigenvalue weighted by molar-refractivity contribution is 0.0951. The highest BCUT2D eigenvalue weighted by molar-refractivity contribution is 7.89. The first-order valence-corrected chi connectivity index (χ1v) is 7.33. The molecule has 1 heterocycles. The number of carbonyl (C=O) groups is 1. The van der Waals surface area contributed by atoms with Gasteiger partial charge < -0.3 is 11.1 Å². The van der Waals surface area contributed by atoms with Gasteiger partial charge in [0.05, 0.1) is 17.6 Å². The van der Waals surface area contributed by atoms with Crippen LogP contribution in [0.25, 0.3) is 0 Å². The van der Waals surface area contributed by atoms with E-state index in [2.05, 4.69) is 15.3 Å². The fraction of sp³-hybridized carbons (Fsp3) is 0.500. The fourth-order valence-corrected chi connectivity index (χ4v) is 1.64. The maximum atomic E-state index is 11.8. The van der Waals surface area contributed by atoms with Crippen molar-refractivity contribution in [3.8, 4) is 0 Å². The van der Waals surface area contributed by atoms with E-state index < -0.39 is 15.9 Å². The molecule has 0 spiro atoms. The second-order valence-electron chi connectivity index (χ2n) is 4.31. The highest BCUT2D eigenvalue weighted by Gasteiger charge is 2.15. The standard InChI is InChI=1S/C10H17N5O3S/c1-6(2)9-14-5-7(11)8(15-9)10(16)13-3-4-19(12,17)18/h5-6H,3-4,11H2,1-2H3,(H,13,16)(H2,12,17,18). The Labute approximate surface area is 111 Å². The van der Waals surface area contributed by atoms with E-state index in [0.717, 1.165) is 0 Å². The molecule has 0 bridgehead atoms. The van der Waals surface area contributed by atoms with E-state index in [4.69, 9.17) is 10.9 Å². The first kappa shape index (κ1) is 15.3. The van der Waals surface area contributed by atoms with E-state index >= 15 is 0 Å². The monoisotopic (exact) mass is 287 g/mol. The maximum Gasteiger partial charge on any atom is 0.272 e. The van der Waals surface area contributed by atoms with Crippen molar-refractivity contribution in [1.82, 2.24) is 15.3 Å². The zero-order chi connectivity index (χ0) is 14.6. The van der Waals surface area contributed by atoms with Crippen LogP contribution in [0.4, 0.5) is 5.69 Å². The highest BCUT2D eigenvalue weighted by atomic mass is 32.2. The minimum Gasteiger partial charge on any atom is -0.396 e. The lowest BCUT2D eigenvalue weighted by Gasteiger charge is -2.09. The van der Waals surface area contributed by atoms with E-state index in [9.17, 15) is 13.2 Å². The van der Waals surface area contributed by atoms with Crippen molar-refractivity contribution in [3.63, 3.8) is 0 Å². The van der Waals surface area contributed by atoms with Crippen LogP contribution in [0, 0.1) is 0 Å². The Hall–Kier alpha value is -1.74. The van der Waals surface area contributed by atoms with Crippen LogP contribution in [0.1, 0.15) is 36.1 Å². The van der Waals surface area contributed by atoms with Crippen LogP contribution in [0.5, 0.6) is 0 Å². The lowest BCUT2D eigenvalue weighted by atomic mass is 10.2. The number of carbonyl (C=O) groups excluding carboxylic acids is 1. The molecule has 0 fully saturated rings. The molecule has 1 rings (SSSR count). The number of nitrogen functional groups attached to an aromatic ring is 1. The fourth-order valence-electron chi connectivity index (χ4n) is 1.26. The summed E-state index contributed by atoms with van der Waals surface area (Å²) < 4.78 is 21.5. The van der Waals surface area contributed by atoms with Crippen LogP contribution in [0.15, 0.2) is 6.20 Å². The van der Waals surface area contributed by atoms with Gasteiger partial charge in [-0.25, -0.2) is 23.5 Å². The number of anilines is 1. The average Bonchev–Trinajstić information content (AvgIpc) is 2.27. The van der Waals surface area contributed by atoms with Gasteiger partial charge >= 0.3 is 0 Å². The number of hydrogen-bond acceptors (Lipinski definition) is 6. The molecule has 0 aliphatic heterocycles. The quantitative estimate of drug-likeness (QED) is 0.647. The molecule has 0 saturated carbocycles. The molecule has 1 amide bonds. The molecule has 1 aromatic rings. The molecule has 0 unspecified atom stereocenters. The largest absolute Gasteiger partial charge is 0.396 e. The van der Waals surface area contributed by atoms with Crippen molar-refractivity contribution in [3.05, 3.63) is 17.7 Å². The molecule has 0 aliphatic rings. The van der Waals surface area contributed by atoms with E-state index in [1.54, 1.807) is 0 Å². The number of sulfonamides is 1. The van der Waals surface area contributed by atoms with Gasteiger partial charge in [0.1, 0.15) is 5.82 Å². The second-order valence-corrected chi connectivity index (χ2v) is 6.04. The molecule has 1 aromatic heterocycles. The topological polar surface area (TPSA) is 141 Å². The minimum absolute atomic E-state index is 0.0353. The molecule has 0 aromatic carbocycles. The predicted octanol–water partition coefficient (Wildman–Crippen LogP) is -0.799. The van der Waals surface area contributed by atoms with E-state index in [0.29, 0.717) is 5.82 Å². The Morgan fingerprint density at radius 3 is 2.63 bits per heavy atom. The number of nitrogens with one attached hydrogen (secondary N) is 1. The third-order valence-electron chi connectivity index (χ3n) is 2.24. The number of nitrogens with two attached hydrogens (primary N) is 2. The molecule has 0 saturated heterocycles. The first-order chi connectivity index (χ1) is 8.70. The van der Waals surface area contributed by atoms with Crippen molar-refractivity contribution >= 4 is 21.6 Å². The van der Waals surface area contributed by atoms with Crippen LogP contribution in [0.3, 0.4) is 0 Å². The van der Waals surface area contributed by atoms with Gasteiger partial charge in [-0.05, 0) is 0 Å². The summed E-state index contributed by atoms with van der Waals surface area (Å²) in [6.07, 6.45) is 1.36. The van der Waals surface area contributed by atoms with Crippen LogP contribution in [-0.4, -0.2) is 36.6 Å². The Morgan fingerprint density at radius 2 is 2.11 bits per heavy atom. The Morgan fingerprint density at radius 1 is 1.47 bits per heavy atom. The third kappa shape index (κ3) is 4.79. The van der Waals surface area contributed by atoms with Crippen molar-refractivity contribution in [2.75, 3.05) is 18.0 Å². The number of amides is 1. The van der Waals surface area contributed by atoms with E-state index in [1.807, 2.05) is 13.8 Å². The molecule has 8 nitrogen and oxygen atoms in total.